The van der Waals surface area contributed by atoms with Crippen LogP contribution < -0.4 is 10.2 Å². The molecule has 4 nitrogen and oxygen atoms in total. The first-order valence-electron chi connectivity index (χ1n) is 7.45. The van der Waals surface area contributed by atoms with Gasteiger partial charge in [-0.3, -0.25) is 9.59 Å². The van der Waals surface area contributed by atoms with E-state index in [0.29, 0.717) is 22.2 Å². The lowest BCUT2D eigenvalue weighted by molar-refractivity contribution is -0.112. The third-order valence-electron chi connectivity index (χ3n) is 4.14. The first-order chi connectivity index (χ1) is 10.0. The van der Waals surface area contributed by atoms with Crippen LogP contribution in [0.1, 0.15) is 44.0 Å². The van der Waals surface area contributed by atoms with Crippen LogP contribution in [0.15, 0.2) is 12.1 Å². The van der Waals surface area contributed by atoms with Crippen molar-refractivity contribution in [1.29, 1.82) is 0 Å². The molecular formula is C16H21ClN2O2. The Hall–Kier alpha value is -1.55. The fourth-order valence-corrected chi connectivity index (χ4v) is 2.94. The summed E-state index contributed by atoms with van der Waals surface area (Å²) < 4.78 is 0. The average molecular weight is 309 g/mol. The average Bonchev–Trinajstić information content (AvgIpc) is 2.75. The van der Waals surface area contributed by atoms with Gasteiger partial charge in [0.15, 0.2) is 0 Å². The first kappa shape index (κ1) is 15.8. The minimum Gasteiger partial charge on any atom is -0.370 e. The quantitative estimate of drug-likeness (QED) is 0.814. The number of ketones is 1. The summed E-state index contributed by atoms with van der Waals surface area (Å²) in [5.41, 5.74) is 1.81. The Morgan fingerprint density at radius 3 is 2.43 bits per heavy atom. The molecule has 0 atom stereocenters. The minimum atomic E-state index is -0.582. The summed E-state index contributed by atoms with van der Waals surface area (Å²) in [5, 5.41) is 3.12. The van der Waals surface area contributed by atoms with Gasteiger partial charge >= 0.3 is 0 Å². The summed E-state index contributed by atoms with van der Waals surface area (Å²) in [5.74, 6) is -0.492. The van der Waals surface area contributed by atoms with Crippen molar-refractivity contribution in [3.63, 3.8) is 0 Å². The van der Waals surface area contributed by atoms with Crippen LogP contribution in [-0.4, -0.2) is 24.8 Å². The van der Waals surface area contributed by atoms with E-state index in [0.717, 1.165) is 31.6 Å². The molecule has 1 aliphatic heterocycles. The monoisotopic (exact) mass is 308 g/mol. The van der Waals surface area contributed by atoms with Gasteiger partial charge in [-0.15, -0.1) is 0 Å². The number of rotatable bonds is 6. The maximum atomic E-state index is 11.7. The number of Topliss-reactive ketones (excluding diaryl/α,β-unsaturated/α-hetero) is 1. The summed E-state index contributed by atoms with van der Waals surface area (Å²) >= 11 is 6.33. The van der Waals surface area contributed by atoms with Crippen molar-refractivity contribution in [2.75, 3.05) is 23.3 Å². The molecule has 0 unspecified atom stereocenters. The van der Waals surface area contributed by atoms with Crippen LogP contribution in [0.4, 0.5) is 11.4 Å². The fraction of sp³-hybridized carbons (Fsp3) is 0.500. The van der Waals surface area contributed by atoms with Crippen molar-refractivity contribution in [3.8, 4) is 0 Å². The van der Waals surface area contributed by atoms with Crippen molar-refractivity contribution in [2.45, 2.75) is 33.6 Å². The van der Waals surface area contributed by atoms with Crippen LogP contribution in [0.25, 0.3) is 0 Å². The molecule has 1 N–H and O–H groups in total. The zero-order valence-electron chi connectivity index (χ0n) is 12.7. The Bertz CT molecular complexity index is 568. The summed E-state index contributed by atoms with van der Waals surface area (Å²) in [6, 6.07) is 3.41. The normalized spacial score (nSPS) is 13.6. The van der Waals surface area contributed by atoms with Crippen molar-refractivity contribution < 1.29 is 9.59 Å². The van der Waals surface area contributed by atoms with E-state index < -0.39 is 11.7 Å². The standard InChI is InChI=1S/C16H21ClN2O2/c1-4-10(5-2)9-19(6-3)14-8-13-11(7-12(14)17)15(20)16(21)18-13/h7-8,10H,4-6,9H2,1-3H3,(H,18,20,21). The summed E-state index contributed by atoms with van der Waals surface area (Å²) in [7, 11) is 0. The highest BCUT2D eigenvalue weighted by Gasteiger charge is 2.29. The molecule has 1 aromatic carbocycles. The molecule has 0 fully saturated rings. The Labute approximate surface area is 130 Å². The zero-order chi connectivity index (χ0) is 15.6. The molecule has 0 aromatic heterocycles. The number of benzene rings is 1. The number of carbonyl (C=O) groups excluding carboxylic acids is 2. The third kappa shape index (κ3) is 3.05. The third-order valence-corrected chi connectivity index (χ3v) is 4.44. The number of amides is 1. The maximum Gasteiger partial charge on any atom is 0.296 e. The van der Waals surface area contributed by atoms with Crippen molar-refractivity contribution in [3.05, 3.63) is 22.7 Å². The number of nitrogens with zero attached hydrogens (tertiary/aromatic N) is 1. The second-order valence-corrected chi connectivity index (χ2v) is 5.76. The molecular weight excluding hydrogens is 288 g/mol. The van der Waals surface area contributed by atoms with Crippen molar-refractivity contribution in [2.24, 2.45) is 5.92 Å². The lowest BCUT2D eigenvalue weighted by Crippen LogP contribution is -2.29. The van der Waals surface area contributed by atoms with Crippen LogP contribution in [-0.2, 0) is 4.79 Å². The summed E-state index contributed by atoms with van der Waals surface area (Å²) in [6.45, 7) is 8.20. The number of anilines is 2. The highest BCUT2D eigenvalue weighted by molar-refractivity contribution is 6.52. The predicted molar refractivity (Wildman–Crippen MR) is 86.4 cm³/mol. The number of hydrogen-bond donors (Lipinski definition) is 1. The maximum absolute atomic E-state index is 11.7. The van der Waals surface area contributed by atoms with Gasteiger partial charge in [0, 0.05) is 13.1 Å². The molecule has 1 aromatic rings. The molecule has 1 amide bonds. The van der Waals surface area contributed by atoms with E-state index in [4.69, 9.17) is 11.6 Å². The molecule has 114 valence electrons. The molecule has 0 aliphatic carbocycles. The second-order valence-electron chi connectivity index (χ2n) is 5.35. The van der Waals surface area contributed by atoms with Gasteiger partial charge < -0.3 is 10.2 Å². The van der Waals surface area contributed by atoms with Gasteiger partial charge in [-0.25, -0.2) is 0 Å². The largest absolute Gasteiger partial charge is 0.370 e. The smallest absolute Gasteiger partial charge is 0.296 e. The van der Waals surface area contributed by atoms with E-state index in [1.165, 1.54) is 0 Å². The van der Waals surface area contributed by atoms with Gasteiger partial charge in [0.1, 0.15) is 0 Å². The summed E-state index contributed by atoms with van der Waals surface area (Å²) in [4.78, 5) is 25.3. The van der Waals surface area contributed by atoms with E-state index in [2.05, 4.69) is 31.0 Å². The van der Waals surface area contributed by atoms with E-state index in [1.807, 2.05) is 6.07 Å². The van der Waals surface area contributed by atoms with Crippen LogP contribution in [0.2, 0.25) is 5.02 Å². The fourth-order valence-electron chi connectivity index (χ4n) is 2.65. The Kier molecular flexibility index (Phi) is 4.88. The molecule has 1 aliphatic rings. The molecule has 2 rings (SSSR count). The van der Waals surface area contributed by atoms with Crippen LogP contribution >= 0.6 is 11.6 Å². The number of carbonyl (C=O) groups is 2. The molecule has 5 heteroatoms. The highest BCUT2D eigenvalue weighted by atomic mass is 35.5. The molecule has 0 spiro atoms. The van der Waals surface area contributed by atoms with Gasteiger partial charge in [0.05, 0.1) is 22.0 Å². The van der Waals surface area contributed by atoms with Gasteiger partial charge in [-0.2, -0.15) is 0 Å². The van der Waals surface area contributed by atoms with Crippen LogP contribution in [0.5, 0.6) is 0 Å². The SMILES string of the molecule is CCC(CC)CN(CC)c1cc2c(cc1Cl)C(=O)C(=O)N2. The van der Waals surface area contributed by atoms with Crippen molar-refractivity contribution in [1.82, 2.24) is 0 Å². The lowest BCUT2D eigenvalue weighted by atomic mass is 10.0. The molecule has 0 radical (unpaired) electrons. The molecule has 1 heterocycles. The van der Waals surface area contributed by atoms with E-state index in [-0.39, 0.29) is 0 Å². The van der Waals surface area contributed by atoms with Gasteiger partial charge in [-0.05, 0) is 25.0 Å². The Morgan fingerprint density at radius 2 is 1.86 bits per heavy atom. The minimum absolute atomic E-state index is 0.368. The number of fused-ring (bicyclic) bond motifs is 1. The van der Waals surface area contributed by atoms with Gasteiger partial charge in [0.25, 0.3) is 11.7 Å². The molecule has 0 saturated heterocycles. The number of nitrogens with one attached hydrogen (secondary N) is 1. The number of hydrogen-bond acceptors (Lipinski definition) is 3. The van der Waals surface area contributed by atoms with Crippen molar-refractivity contribution >= 4 is 34.7 Å². The summed E-state index contributed by atoms with van der Waals surface area (Å²) in [6.07, 6.45) is 2.23. The second kappa shape index (κ2) is 6.48. The molecule has 21 heavy (non-hydrogen) atoms. The Balaban J connectivity index is 2.33. The highest BCUT2D eigenvalue weighted by Crippen LogP contribution is 2.35. The van der Waals surface area contributed by atoms with Crippen LogP contribution in [0.3, 0.4) is 0 Å². The van der Waals surface area contributed by atoms with E-state index >= 15 is 0 Å². The van der Waals surface area contributed by atoms with Crippen LogP contribution in [0, 0.1) is 5.92 Å². The topological polar surface area (TPSA) is 49.4 Å². The van der Waals surface area contributed by atoms with Gasteiger partial charge in [0.2, 0.25) is 0 Å². The zero-order valence-corrected chi connectivity index (χ0v) is 13.5. The predicted octanol–water partition coefficient (Wildman–Crippen LogP) is 3.74. The molecule has 0 saturated carbocycles. The first-order valence-corrected chi connectivity index (χ1v) is 7.83. The van der Waals surface area contributed by atoms with E-state index in [1.54, 1.807) is 6.07 Å². The number of halogens is 1. The van der Waals surface area contributed by atoms with E-state index in [9.17, 15) is 9.59 Å². The molecule has 0 bridgehead atoms. The van der Waals surface area contributed by atoms with Gasteiger partial charge in [-0.1, -0.05) is 38.3 Å². The Morgan fingerprint density at radius 1 is 1.19 bits per heavy atom. The lowest BCUT2D eigenvalue weighted by Gasteiger charge is -2.28.